The maximum absolute atomic E-state index is 5.89. The van der Waals surface area contributed by atoms with Gasteiger partial charge in [0.25, 0.3) is 0 Å². The van der Waals surface area contributed by atoms with Crippen LogP contribution >= 0.6 is 0 Å². The second-order valence-electron chi connectivity index (χ2n) is 5.70. The Morgan fingerprint density at radius 2 is 2.06 bits per heavy atom. The Morgan fingerprint density at radius 1 is 1.29 bits per heavy atom. The van der Waals surface area contributed by atoms with Gasteiger partial charge in [0.05, 0.1) is 0 Å². The van der Waals surface area contributed by atoms with Crippen molar-refractivity contribution in [1.29, 1.82) is 0 Å². The lowest BCUT2D eigenvalue weighted by Crippen LogP contribution is -2.16. The minimum Gasteiger partial charge on any atom is -0.384 e. The van der Waals surface area contributed by atoms with E-state index in [1.54, 1.807) is 0 Å². The molecule has 2 N–H and O–H groups in total. The fourth-order valence-corrected chi connectivity index (χ4v) is 2.65. The summed E-state index contributed by atoms with van der Waals surface area (Å²) in [4.78, 5) is 9.14. The molecular formula is C14H23N3. The largest absolute Gasteiger partial charge is 0.384 e. The quantitative estimate of drug-likeness (QED) is 0.850. The van der Waals surface area contributed by atoms with E-state index in [1.807, 2.05) is 6.07 Å². The fraction of sp³-hybridized carbons (Fsp3) is 0.714. The van der Waals surface area contributed by atoms with Crippen LogP contribution in [0.4, 0.5) is 5.82 Å². The predicted octanol–water partition coefficient (Wildman–Crippen LogP) is 3.48. The first-order chi connectivity index (χ1) is 8.06. The average Bonchev–Trinajstić information content (AvgIpc) is 2.28. The van der Waals surface area contributed by atoms with E-state index in [0.29, 0.717) is 17.7 Å². The lowest BCUT2D eigenvalue weighted by Gasteiger charge is -2.26. The summed E-state index contributed by atoms with van der Waals surface area (Å²) in [5, 5.41) is 0. The Bertz CT molecular complexity index is 387. The molecule has 2 unspecified atom stereocenters. The maximum Gasteiger partial charge on any atom is 0.134 e. The van der Waals surface area contributed by atoms with Crippen LogP contribution in [-0.2, 0) is 0 Å². The van der Waals surface area contributed by atoms with Gasteiger partial charge in [-0.15, -0.1) is 0 Å². The Hall–Kier alpha value is -1.12. The summed E-state index contributed by atoms with van der Waals surface area (Å²) in [6.45, 7) is 6.62. The zero-order valence-corrected chi connectivity index (χ0v) is 11.1. The molecule has 0 spiro atoms. The summed E-state index contributed by atoms with van der Waals surface area (Å²) in [6.07, 6.45) is 5.06. The van der Waals surface area contributed by atoms with Crippen LogP contribution in [0, 0.1) is 5.92 Å². The van der Waals surface area contributed by atoms with E-state index in [4.69, 9.17) is 10.7 Å². The monoisotopic (exact) mass is 233 g/mol. The van der Waals surface area contributed by atoms with Gasteiger partial charge in [-0.1, -0.05) is 33.6 Å². The van der Waals surface area contributed by atoms with Crippen LogP contribution in [0.25, 0.3) is 0 Å². The summed E-state index contributed by atoms with van der Waals surface area (Å²) >= 11 is 0. The highest BCUT2D eigenvalue weighted by atomic mass is 15.0. The molecule has 2 rings (SSSR count). The van der Waals surface area contributed by atoms with Crippen molar-refractivity contribution in [2.75, 3.05) is 5.73 Å². The summed E-state index contributed by atoms with van der Waals surface area (Å²) in [7, 11) is 0. The molecule has 94 valence electrons. The Morgan fingerprint density at radius 3 is 2.71 bits per heavy atom. The van der Waals surface area contributed by atoms with Crippen molar-refractivity contribution < 1.29 is 0 Å². The summed E-state index contributed by atoms with van der Waals surface area (Å²) < 4.78 is 0. The molecule has 1 heterocycles. The van der Waals surface area contributed by atoms with Gasteiger partial charge in [0, 0.05) is 17.7 Å². The van der Waals surface area contributed by atoms with E-state index in [9.17, 15) is 0 Å². The van der Waals surface area contributed by atoms with Gasteiger partial charge >= 0.3 is 0 Å². The molecule has 0 bridgehead atoms. The van der Waals surface area contributed by atoms with Crippen molar-refractivity contribution in [3.05, 3.63) is 17.6 Å². The zero-order chi connectivity index (χ0) is 12.4. The SMILES string of the molecule is CC1CCCC(c2nc(N)cc(C(C)C)n2)C1. The molecule has 0 amide bonds. The van der Waals surface area contributed by atoms with E-state index >= 15 is 0 Å². The van der Waals surface area contributed by atoms with E-state index in [-0.39, 0.29) is 0 Å². The third kappa shape index (κ3) is 2.96. The van der Waals surface area contributed by atoms with Crippen molar-refractivity contribution in [1.82, 2.24) is 9.97 Å². The average molecular weight is 233 g/mol. The molecule has 0 saturated heterocycles. The molecule has 1 fully saturated rings. The van der Waals surface area contributed by atoms with Gasteiger partial charge in [-0.05, 0) is 24.7 Å². The second kappa shape index (κ2) is 5.03. The van der Waals surface area contributed by atoms with Crippen molar-refractivity contribution in [2.24, 2.45) is 5.92 Å². The molecule has 3 nitrogen and oxygen atoms in total. The topological polar surface area (TPSA) is 51.8 Å². The molecule has 2 atom stereocenters. The van der Waals surface area contributed by atoms with Gasteiger partial charge in [0.15, 0.2) is 0 Å². The van der Waals surface area contributed by atoms with E-state index in [2.05, 4.69) is 25.8 Å². The molecule has 0 aromatic carbocycles. The number of rotatable bonds is 2. The first kappa shape index (κ1) is 12.3. The fourth-order valence-electron chi connectivity index (χ4n) is 2.65. The third-order valence-electron chi connectivity index (χ3n) is 3.68. The number of anilines is 1. The molecule has 1 aliphatic carbocycles. The Balaban J connectivity index is 2.25. The van der Waals surface area contributed by atoms with Crippen LogP contribution in [0.5, 0.6) is 0 Å². The van der Waals surface area contributed by atoms with E-state index in [1.165, 1.54) is 25.7 Å². The normalized spacial score (nSPS) is 25.2. The van der Waals surface area contributed by atoms with Crippen LogP contribution in [-0.4, -0.2) is 9.97 Å². The van der Waals surface area contributed by atoms with Gasteiger partial charge in [-0.3, -0.25) is 0 Å². The van der Waals surface area contributed by atoms with Crippen LogP contribution in [0.15, 0.2) is 6.07 Å². The number of nitrogens with zero attached hydrogens (tertiary/aromatic N) is 2. The molecule has 0 aliphatic heterocycles. The van der Waals surface area contributed by atoms with Crippen molar-refractivity contribution in [3.63, 3.8) is 0 Å². The number of aromatic nitrogens is 2. The van der Waals surface area contributed by atoms with Gasteiger partial charge in [-0.25, -0.2) is 9.97 Å². The molecular weight excluding hydrogens is 210 g/mol. The van der Waals surface area contributed by atoms with Gasteiger partial charge in [0.1, 0.15) is 11.6 Å². The number of hydrogen-bond acceptors (Lipinski definition) is 3. The maximum atomic E-state index is 5.89. The molecule has 0 radical (unpaired) electrons. The van der Waals surface area contributed by atoms with E-state index < -0.39 is 0 Å². The standard InChI is InChI=1S/C14H23N3/c1-9(2)12-8-13(15)17-14(16-12)11-6-4-5-10(3)7-11/h8-11H,4-7H2,1-3H3,(H2,15,16,17). The van der Waals surface area contributed by atoms with Crippen LogP contribution in [0.2, 0.25) is 0 Å². The summed E-state index contributed by atoms with van der Waals surface area (Å²) in [5.41, 5.74) is 6.96. The first-order valence-electron chi connectivity index (χ1n) is 6.70. The summed E-state index contributed by atoms with van der Waals surface area (Å²) in [6, 6.07) is 1.90. The third-order valence-corrected chi connectivity index (χ3v) is 3.68. The first-order valence-corrected chi connectivity index (χ1v) is 6.70. The highest BCUT2D eigenvalue weighted by molar-refractivity contribution is 5.31. The summed E-state index contributed by atoms with van der Waals surface area (Å²) in [5.74, 6) is 3.32. The van der Waals surface area contributed by atoms with Crippen LogP contribution < -0.4 is 5.73 Å². The molecule has 1 aromatic rings. The lowest BCUT2D eigenvalue weighted by molar-refractivity contribution is 0.335. The minimum atomic E-state index is 0.417. The molecule has 17 heavy (non-hydrogen) atoms. The molecule has 3 heteroatoms. The van der Waals surface area contributed by atoms with Crippen molar-refractivity contribution in [2.45, 2.75) is 58.3 Å². The molecule has 1 aliphatic rings. The zero-order valence-electron chi connectivity index (χ0n) is 11.1. The second-order valence-corrected chi connectivity index (χ2v) is 5.70. The van der Waals surface area contributed by atoms with Gasteiger partial charge in [0.2, 0.25) is 0 Å². The smallest absolute Gasteiger partial charge is 0.134 e. The molecule has 1 aromatic heterocycles. The van der Waals surface area contributed by atoms with Gasteiger partial charge < -0.3 is 5.73 Å². The van der Waals surface area contributed by atoms with Crippen LogP contribution in [0.3, 0.4) is 0 Å². The van der Waals surface area contributed by atoms with E-state index in [0.717, 1.165) is 17.4 Å². The Kier molecular flexibility index (Phi) is 3.65. The highest BCUT2D eigenvalue weighted by Gasteiger charge is 2.23. The number of nitrogen functional groups attached to an aromatic ring is 1. The highest BCUT2D eigenvalue weighted by Crippen LogP contribution is 2.34. The lowest BCUT2D eigenvalue weighted by atomic mass is 9.82. The Labute approximate surface area is 104 Å². The van der Waals surface area contributed by atoms with Crippen molar-refractivity contribution >= 4 is 5.82 Å². The van der Waals surface area contributed by atoms with Crippen LogP contribution in [0.1, 0.15) is 69.8 Å². The minimum absolute atomic E-state index is 0.417. The number of hydrogen-bond donors (Lipinski definition) is 1. The predicted molar refractivity (Wildman–Crippen MR) is 70.9 cm³/mol. The van der Waals surface area contributed by atoms with Crippen molar-refractivity contribution in [3.8, 4) is 0 Å². The van der Waals surface area contributed by atoms with Gasteiger partial charge in [-0.2, -0.15) is 0 Å². The molecule has 1 saturated carbocycles. The number of nitrogens with two attached hydrogens (primary N) is 1.